The van der Waals surface area contributed by atoms with Crippen LogP contribution in [0, 0.1) is 5.92 Å². The lowest BCUT2D eigenvalue weighted by Crippen LogP contribution is -2.55. The second-order valence-corrected chi connectivity index (χ2v) is 6.84. The number of rotatable bonds is 6. The molecule has 0 aromatic heterocycles. The molecule has 0 aliphatic carbocycles. The van der Waals surface area contributed by atoms with Crippen LogP contribution in [0.1, 0.15) is 37.0 Å². The fourth-order valence-corrected chi connectivity index (χ4v) is 3.09. The number of hydrogen-bond acceptors (Lipinski definition) is 4. The molecule has 1 fully saturated rings. The van der Waals surface area contributed by atoms with Crippen LogP contribution in [0.25, 0.3) is 0 Å². The van der Waals surface area contributed by atoms with Gasteiger partial charge in [-0.1, -0.05) is 13.8 Å². The van der Waals surface area contributed by atoms with Crippen LogP contribution in [0.3, 0.4) is 0 Å². The Morgan fingerprint density at radius 1 is 1.23 bits per heavy atom. The molecule has 1 aromatic rings. The minimum atomic E-state index is -0.523. The summed E-state index contributed by atoms with van der Waals surface area (Å²) in [5.74, 6) is 0.470. The molecule has 1 aromatic carbocycles. The highest BCUT2D eigenvalue weighted by atomic mass is 35.5. The lowest BCUT2D eigenvalue weighted by Gasteiger charge is -2.36. The zero-order chi connectivity index (χ0) is 18.4. The highest BCUT2D eigenvalue weighted by Gasteiger charge is 2.31. The molecule has 1 saturated heterocycles. The first-order valence-electron chi connectivity index (χ1n) is 8.87. The van der Waals surface area contributed by atoms with Crippen molar-refractivity contribution in [1.29, 1.82) is 0 Å². The Hall–Kier alpha value is -1.79. The average molecular weight is 384 g/mol. The van der Waals surface area contributed by atoms with Crippen molar-refractivity contribution in [2.24, 2.45) is 5.92 Å². The molecule has 26 heavy (non-hydrogen) atoms. The largest absolute Gasteiger partial charge is 0.497 e. The van der Waals surface area contributed by atoms with Crippen LogP contribution in [-0.2, 0) is 4.79 Å². The molecule has 0 bridgehead atoms. The van der Waals surface area contributed by atoms with Crippen molar-refractivity contribution >= 4 is 24.2 Å². The molecule has 0 spiro atoms. The molecule has 1 aliphatic rings. The van der Waals surface area contributed by atoms with E-state index in [1.807, 2.05) is 25.8 Å². The van der Waals surface area contributed by atoms with Gasteiger partial charge in [-0.2, -0.15) is 0 Å². The predicted octanol–water partition coefficient (Wildman–Crippen LogP) is 2.08. The fraction of sp³-hybridized carbons (Fsp3) is 0.579. The highest BCUT2D eigenvalue weighted by Crippen LogP contribution is 2.16. The maximum absolute atomic E-state index is 12.9. The van der Waals surface area contributed by atoms with Crippen LogP contribution < -0.4 is 15.4 Å². The molecule has 2 unspecified atom stereocenters. The quantitative estimate of drug-likeness (QED) is 0.789. The number of hydrogen-bond donors (Lipinski definition) is 2. The molecule has 0 saturated carbocycles. The lowest BCUT2D eigenvalue weighted by atomic mass is 9.99. The Kier molecular flexibility index (Phi) is 8.88. The number of piperidine rings is 1. The summed E-state index contributed by atoms with van der Waals surface area (Å²) >= 11 is 0. The van der Waals surface area contributed by atoms with Crippen LogP contribution in [0.4, 0.5) is 0 Å². The Morgan fingerprint density at radius 3 is 2.42 bits per heavy atom. The van der Waals surface area contributed by atoms with Gasteiger partial charge in [0, 0.05) is 24.7 Å². The molecule has 2 atom stereocenters. The summed E-state index contributed by atoms with van der Waals surface area (Å²) in [7, 11) is 3.50. The Balaban J connectivity index is 0.00000338. The van der Waals surface area contributed by atoms with E-state index in [4.69, 9.17) is 4.74 Å². The third kappa shape index (κ3) is 5.61. The summed E-state index contributed by atoms with van der Waals surface area (Å²) in [6.07, 6.45) is 2.05. The van der Waals surface area contributed by atoms with Crippen molar-refractivity contribution in [3.05, 3.63) is 29.8 Å². The molecule has 0 radical (unpaired) electrons. The van der Waals surface area contributed by atoms with Gasteiger partial charge in [0.2, 0.25) is 5.91 Å². The van der Waals surface area contributed by atoms with Gasteiger partial charge in [-0.3, -0.25) is 9.59 Å². The average Bonchev–Trinajstić information content (AvgIpc) is 2.65. The molecular formula is C19H30ClN3O3. The predicted molar refractivity (Wildman–Crippen MR) is 105 cm³/mol. The van der Waals surface area contributed by atoms with Crippen LogP contribution in [0.5, 0.6) is 5.75 Å². The smallest absolute Gasteiger partial charge is 0.251 e. The van der Waals surface area contributed by atoms with Crippen LogP contribution in [0.15, 0.2) is 24.3 Å². The van der Waals surface area contributed by atoms with Gasteiger partial charge in [-0.15, -0.1) is 12.4 Å². The molecule has 2 rings (SSSR count). The van der Waals surface area contributed by atoms with Gasteiger partial charge in [-0.05, 0) is 50.1 Å². The Labute approximate surface area is 162 Å². The standard InChI is InChI=1S/C19H29N3O3.ClH/c1-13(2)17(19(24)22-11-5-6-15(12-22)20-3)21-18(23)14-7-9-16(25-4)10-8-14;/h7-10,13,15,17,20H,5-6,11-12H2,1-4H3,(H,21,23);1H. The van der Waals surface area contributed by atoms with Crippen LogP contribution in [-0.4, -0.2) is 56.0 Å². The first kappa shape index (κ1) is 22.3. The van der Waals surface area contributed by atoms with Gasteiger partial charge in [0.1, 0.15) is 11.8 Å². The zero-order valence-electron chi connectivity index (χ0n) is 16.0. The first-order valence-corrected chi connectivity index (χ1v) is 8.87. The van der Waals surface area contributed by atoms with Crippen molar-refractivity contribution in [1.82, 2.24) is 15.5 Å². The van der Waals surface area contributed by atoms with E-state index in [0.717, 1.165) is 19.4 Å². The minimum absolute atomic E-state index is 0. The van der Waals surface area contributed by atoms with Crippen LogP contribution in [0.2, 0.25) is 0 Å². The van der Waals surface area contributed by atoms with E-state index >= 15 is 0 Å². The third-order valence-corrected chi connectivity index (χ3v) is 4.71. The van der Waals surface area contributed by atoms with E-state index in [1.165, 1.54) is 0 Å². The number of nitrogens with one attached hydrogen (secondary N) is 2. The normalized spacial score (nSPS) is 18.0. The SMILES string of the molecule is CNC1CCCN(C(=O)C(NC(=O)c2ccc(OC)cc2)C(C)C)C1.Cl. The number of benzene rings is 1. The van der Waals surface area contributed by atoms with E-state index < -0.39 is 6.04 Å². The molecule has 1 heterocycles. The molecule has 1 aliphatic heterocycles. The van der Waals surface area contributed by atoms with Gasteiger partial charge in [0.05, 0.1) is 7.11 Å². The Bertz CT molecular complexity index is 592. The van der Waals surface area contributed by atoms with E-state index in [1.54, 1.807) is 31.4 Å². The second-order valence-electron chi connectivity index (χ2n) is 6.84. The second kappa shape index (κ2) is 10.4. The summed E-state index contributed by atoms with van der Waals surface area (Å²) < 4.78 is 5.11. The monoisotopic (exact) mass is 383 g/mol. The molecular weight excluding hydrogens is 354 g/mol. The van der Waals surface area contributed by atoms with Gasteiger partial charge >= 0.3 is 0 Å². The van der Waals surface area contributed by atoms with Gasteiger partial charge in [-0.25, -0.2) is 0 Å². The van der Waals surface area contributed by atoms with Gasteiger partial charge in [0.15, 0.2) is 0 Å². The van der Waals surface area contributed by atoms with E-state index in [0.29, 0.717) is 23.9 Å². The van der Waals surface area contributed by atoms with Crippen molar-refractivity contribution in [2.45, 2.75) is 38.8 Å². The fourth-order valence-electron chi connectivity index (χ4n) is 3.09. The van der Waals surface area contributed by atoms with E-state index in [9.17, 15) is 9.59 Å². The van der Waals surface area contributed by atoms with E-state index in [-0.39, 0.29) is 30.1 Å². The number of ether oxygens (including phenoxy) is 1. The molecule has 7 heteroatoms. The topological polar surface area (TPSA) is 70.7 Å². The van der Waals surface area contributed by atoms with Gasteiger partial charge in [0.25, 0.3) is 5.91 Å². The third-order valence-electron chi connectivity index (χ3n) is 4.71. The molecule has 2 N–H and O–H groups in total. The summed E-state index contributed by atoms with van der Waals surface area (Å²) in [6.45, 7) is 5.35. The number of halogens is 1. The number of amides is 2. The number of carbonyl (C=O) groups excluding carboxylic acids is 2. The number of nitrogens with zero attached hydrogens (tertiary/aromatic N) is 1. The Morgan fingerprint density at radius 2 is 1.88 bits per heavy atom. The number of likely N-dealkylation sites (tertiary alicyclic amines) is 1. The van der Waals surface area contributed by atoms with Crippen LogP contribution >= 0.6 is 12.4 Å². The maximum atomic E-state index is 12.9. The number of likely N-dealkylation sites (N-methyl/N-ethyl adjacent to an activating group) is 1. The van der Waals surface area contributed by atoms with Crippen molar-refractivity contribution in [2.75, 3.05) is 27.2 Å². The summed E-state index contributed by atoms with van der Waals surface area (Å²) in [5.41, 5.74) is 0.519. The highest BCUT2D eigenvalue weighted by molar-refractivity contribution is 5.97. The molecule has 6 nitrogen and oxygen atoms in total. The van der Waals surface area contributed by atoms with Crippen molar-refractivity contribution in [3.63, 3.8) is 0 Å². The summed E-state index contributed by atoms with van der Waals surface area (Å²) in [5, 5.41) is 6.15. The minimum Gasteiger partial charge on any atom is -0.497 e. The molecule has 146 valence electrons. The van der Waals surface area contributed by atoms with Crippen molar-refractivity contribution in [3.8, 4) is 5.75 Å². The zero-order valence-corrected chi connectivity index (χ0v) is 16.8. The van der Waals surface area contributed by atoms with E-state index in [2.05, 4.69) is 10.6 Å². The molecule has 2 amide bonds. The maximum Gasteiger partial charge on any atom is 0.251 e. The number of carbonyl (C=O) groups is 2. The summed E-state index contributed by atoms with van der Waals surface area (Å²) in [6, 6.07) is 6.68. The number of methoxy groups -OCH3 is 1. The van der Waals surface area contributed by atoms with Gasteiger partial charge < -0.3 is 20.3 Å². The lowest BCUT2D eigenvalue weighted by molar-refractivity contribution is -0.135. The summed E-state index contributed by atoms with van der Waals surface area (Å²) in [4.78, 5) is 27.3. The first-order chi connectivity index (χ1) is 12.0. The van der Waals surface area contributed by atoms with Crippen molar-refractivity contribution < 1.29 is 14.3 Å².